The van der Waals surface area contributed by atoms with Crippen molar-refractivity contribution >= 4 is 11.3 Å². The fraction of sp³-hybridized carbons (Fsp3) is 0.333. The zero-order chi connectivity index (χ0) is 13.7. The third-order valence-electron chi connectivity index (χ3n) is 2.88. The van der Waals surface area contributed by atoms with Crippen LogP contribution in [0.25, 0.3) is 0 Å². The number of rotatable bonds is 6. The Morgan fingerprint density at radius 1 is 1.16 bits per heavy atom. The molecule has 19 heavy (non-hydrogen) atoms. The normalized spacial score (nSPS) is 10.5. The second-order valence-electron chi connectivity index (χ2n) is 4.12. The van der Waals surface area contributed by atoms with Crippen molar-refractivity contribution in [3.8, 4) is 11.5 Å². The summed E-state index contributed by atoms with van der Waals surface area (Å²) < 4.78 is 11.1. The highest BCUT2D eigenvalue weighted by molar-refractivity contribution is 7.11. The molecular weight excluding hydrogens is 260 g/mol. The van der Waals surface area contributed by atoms with Crippen molar-refractivity contribution in [1.29, 1.82) is 0 Å². The number of aryl methyl sites for hydroxylation is 1. The molecule has 2 rings (SSSR count). The minimum atomic E-state index is -0.0583. The number of methoxy groups -OCH3 is 1. The van der Waals surface area contributed by atoms with Crippen molar-refractivity contribution in [1.82, 2.24) is 0 Å². The molecule has 0 aliphatic rings. The van der Waals surface area contributed by atoms with Gasteiger partial charge >= 0.3 is 0 Å². The van der Waals surface area contributed by atoms with E-state index in [1.165, 1.54) is 9.75 Å². The van der Waals surface area contributed by atoms with Crippen molar-refractivity contribution in [3.63, 3.8) is 0 Å². The van der Waals surface area contributed by atoms with Gasteiger partial charge in [0.15, 0.2) is 11.5 Å². The third kappa shape index (κ3) is 3.28. The monoisotopic (exact) mass is 278 g/mol. The Morgan fingerprint density at radius 3 is 2.58 bits per heavy atom. The highest BCUT2D eigenvalue weighted by Crippen LogP contribution is 2.32. The smallest absolute Gasteiger partial charge is 0.167 e. The molecule has 4 heteroatoms. The van der Waals surface area contributed by atoms with Gasteiger partial charge in [-0.2, -0.15) is 0 Å². The summed E-state index contributed by atoms with van der Waals surface area (Å²) in [5.74, 6) is 1.28. The Hall–Kier alpha value is -1.52. The van der Waals surface area contributed by atoms with Crippen LogP contribution in [0, 0.1) is 0 Å². The second-order valence-corrected chi connectivity index (χ2v) is 5.37. The van der Waals surface area contributed by atoms with Gasteiger partial charge in [-0.25, -0.2) is 0 Å². The van der Waals surface area contributed by atoms with Gasteiger partial charge in [-0.05, 0) is 24.6 Å². The van der Waals surface area contributed by atoms with E-state index in [-0.39, 0.29) is 6.61 Å². The molecule has 2 aromatic rings. The van der Waals surface area contributed by atoms with Crippen LogP contribution in [0.3, 0.4) is 0 Å². The zero-order valence-electron chi connectivity index (χ0n) is 11.2. The minimum Gasteiger partial charge on any atom is -0.493 e. The van der Waals surface area contributed by atoms with E-state index in [2.05, 4.69) is 19.1 Å². The SMILES string of the molecule is CCc1ccc(COc2c(CO)cccc2OC)s1. The van der Waals surface area contributed by atoms with E-state index in [1.807, 2.05) is 18.2 Å². The number of hydrogen-bond acceptors (Lipinski definition) is 4. The molecular formula is C15H18O3S. The molecule has 1 aromatic heterocycles. The number of benzene rings is 1. The molecule has 1 aromatic carbocycles. The molecule has 0 aliphatic carbocycles. The lowest BCUT2D eigenvalue weighted by molar-refractivity contribution is 0.251. The quantitative estimate of drug-likeness (QED) is 0.880. The summed E-state index contributed by atoms with van der Waals surface area (Å²) in [6, 6.07) is 9.72. The molecule has 0 radical (unpaired) electrons. The topological polar surface area (TPSA) is 38.7 Å². The lowest BCUT2D eigenvalue weighted by atomic mass is 10.2. The van der Waals surface area contributed by atoms with Crippen molar-refractivity contribution < 1.29 is 14.6 Å². The molecule has 0 aliphatic heterocycles. The molecule has 0 fully saturated rings. The fourth-order valence-corrected chi connectivity index (χ4v) is 2.71. The van der Waals surface area contributed by atoms with Crippen molar-refractivity contribution in [3.05, 3.63) is 45.6 Å². The molecule has 102 valence electrons. The highest BCUT2D eigenvalue weighted by Gasteiger charge is 2.10. The van der Waals surface area contributed by atoms with Gasteiger partial charge in [0.05, 0.1) is 13.7 Å². The van der Waals surface area contributed by atoms with Crippen LogP contribution < -0.4 is 9.47 Å². The van der Waals surface area contributed by atoms with Crippen LogP contribution in [0.15, 0.2) is 30.3 Å². The lowest BCUT2D eigenvalue weighted by Gasteiger charge is -2.13. The molecule has 1 heterocycles. The van der Waals surface area contributed by atoms with Crippen LogP contribution >= 0.6 is 11.3 Å². The highest BCUT2D eigenvalue weighted by atomic mass is 32.1. The van der Waals surface area contributed by atoms with E-state index >= 15 is 0 Å². The van der Waals surface area contributed by atoms with Crippen LogP contribution in [0.2, 0.25) is 0 Å². The predicted octanol–water partition coefficient (Wildman–Crippen LogP) is 3.39. The first-order chi connectivity index (χ1) is 9.28. The molecule has 1 N–H and O–H groups in total. The number of para-hydroxylation sites is 1. The molecule has 0 saturated heterocycles. The molecule has 0 bridgehead atoms. The van der Waals surface area contributed by atoms with E-state index in [1.54, 1.807) is 18.4 Å². The van der Waals surface area contributed by atoms with Crippen LogP contribution in [-0.4, -0.2) is 12.2 Å². The summed E-state index contributed by atoms with van der Waals surface area (Å²) in [4.78, 5) is 2.52. The van der Waals surface area contributed by atoms with Crippen LogP contribution in [-0.2, 0) is 19.6 Å². The van der Waals surface area contributed by atoms with E-state index < -0.39 is 0 Å². The fourth-order valence-electron chi connectivity index (χ4n) is 1.84. The van der Waals surface area contributed by atoms with E-state index in [0.717, 1.165) is 12.0 Å². The van der Waals surface area contributed by atoms with Gasteiger partial charge in [-0.1, -0.05) is 19.1 Å². The maximum Gasteiger partial charge on any atom is 0.167 e. The van der Waals surface area contributed by atoms with Gasteiger partial charge in [0.25, 0.3) is 0 Å². The largest absolute Gasteiger partial charge is 0.493 e. The minimum absolute atomic E-state index is 0.0583. The molecule has 0 saturated carbocycles. The Labute approximate surface area is 117 Å². The van der Waals surface area contributed by atoms with Crippen molar-refractivity contribution in [2.75, 3.05) is 7.11 Å². The van der Waals surface area contributed by atoms with Crippen LogP contribution in [0.1, 0.15) is 22.2 Å². The predicted molar refractivity (Wildman–Crippen MR) is 76.9 cm³/mol. The summed E-state index contributed by atoms with van der Waals surface area (Å²) in [7, 11) is 1.60. The van der Waals surface area contributed by atoms with Crippen molar-refractivity contribution in [2.24, 2.45) is 0 Å². The van der Waals surface area contributed by atoms with Gasteiger partial charge < -0.3 is 14.6 Å². The Bertz CT molecular complexity index is 512. The molecule has 0 atom stereocenters. The van der Waals surface area contributed by atoms with Gasteiger partial charge in [-0.15, -0.1) is 11.3 Å². The summed E-state index contributed by atoms with van der Waals surface area (Å²) in [5, 5.41) is 9.34. The molecule has 3 nitrogen and oxygen atoms in total. The first-order valence-corrected chi connectivity index (χ1v) is 7.07. The average Bonchev–Trinajstić information content (AvgIpc) is 2.92. The summed E-state index contributed by atoms with van der Waals surface area (Å²) in [5.41, 5.74) is 0.742. The van der Waals surface area contributed by atoms with Gasteiger partial charge in [-0.3, -0.25) is 0 Å². The number of aliphatic hydroxyl groups is 1. The van der Waals surface area contributed by atoms with E-state index in [4.69, 9.17) is 9.47 Å². The second kappa shape index (κ2) is 6.59. The molecule has 0 unspecified atom stereocenters. The maximum atomic E-state index is 9.34. The summed E-state index contributed by atoms with van der Waals surface area (Å²) in [6.45, 7) is 2.58. The number of ether oxygens (including phenoxy) is 2. The van der Waals surface area contributed by atoms with Crippen LogP contribution in [0.5, 0.6) is 11.5 Å². The van der Waals surface area contributed by atoms with E-state index in [9.17, 15) is 5.11 Å². The maximum absolute atomic E-state index is 9.34. The Morgan fingerprint density at radius 2 is 1.95 bits per heavy atom. The van der Waals surface area contributed by atoms with Gasteiger partial charge in [0.2, 0.25) is 0 Å². The molecule has 0 spiro atoms. The number of thiophene rings is 1. The van der Waals surface area contributed by atoms with Crippen molar-refractivity contribution in [2.45, 2.75) is 26.6 Å². The number of aliphatic hydroxyl groups excluding tert-OH is 1. The Kier molecular flexibility index (Phi) is 4.82. The summed E-state index contributed by atoms with van der Waals surface area (Å²) >= 11 is 1.75. The third-order valence-corrected chi connectivity index (χ3v) is 4.08. The Balaban J connectivity index is 2.13. The van der Waals surface area contributed by atoms with Crippen LogP contribution in [0.4, 0.5) is 0 Å². The standard InChI is InChI=1S/C15H18O3S/c1-3-12-7-8-13(19-12)10-18-15-11(9-16)5-4-6-14(15)17-2/h4-8,16H,3,9-10H2,1-2H3. The first kappa shape index (κ1) is 13.9. The average molecular weight is 278 g/mol. The van der Waals surface area contributed by atoms with E-state index in [0.29, 0.717) is 18.1 Å². The molecule has 0 amide bonds. The first-order valence-electron chi connectivity index (χ1n) is 6.25. The lowest BCUT2D eigenvalue weighted by Crippen LogP contribution is -2.00. The number of hydrogen-bond donors (Lipinski definition) is 1. The summed E-state index contributed by atoms with van der Waals surface area (Å²) in [6.07, 6.45) is 1.04. The van der Waals surface area contributed by atoms with Gasteiger partial charge in [0.1, 0.15) is 6.61 Å². The zero-order valence-corrected chi connectivity index (χ0v) is 12.0. The van der Waals surface area contributed by atoms with Gasteiger partial charge in [0, 0.05) is 15.3 Å².